The molecule has 2 aromatic heterocycles. The van der Waals surface area contributed by atoms with Crippen LogP contribution in [-0.4, -0.2) is 15.0 Å². The minimum atomic E-state index is 0.684. The molecule has 0 saturated carbocycles. The van der Waals surface area contributed by atoms with Crippen LogP contribution in [0.4, 0.5) is 0 Å². The maximum Gasteiger partial charge on any atom is 0.160 e. The van der Waals surface area contributed by atoms with Gasteiger partial charge in [-0.3, -0.25) is 0 Å². The van der Waals surface area contributed by atoms with Gasteiger partial charge in [0, 0.05) is 38.4 Å². The van der Waals surface area contributed by atoms with Crippen LogP contribution in [0.5, 0.6) is 0 Å². The Morgan fingerprint density at radius 2 is 0.733 bits per heavy atom. The first-order chi connectivity index (χ1) is 29.7. The molecule has 0 radical (unpaired) electrons. The summed E-state index contributed by atoms with van der Waals surface area (Å²) in [4.78, 5) is 15.7. The molecule has 0 fully saturated rings. The third-order valence-electron chi connectivity index (χ3n) is 11.5. The molecular formula is C57H37N3. The highest BCUT2D eigenvalue weighted by molar-refractivity contribution is 6.22. The van der Waals surface area contributed by atoms with Crippen LogP contribution in [0.15, 0.2) is 224 Å². The van der Waals surface area contributed by atoms with Gasteiger partial charge in [-0.2, -0.15) is 0 Å². The quantitative estimate of drug-likeness (QED) is 0.152. The first-order valence-corrected chi connectivity index (χ1v) is 20.3. The number of aromatic nitrogens is 3. The highest BCUT2D eigenvalue weighted by Crippen LogP contribution is 2.39. The summed E-state index contributed by atoms with van der Waals surface area (Å²) in [6.07, 6.45) is 0. The van der Waals surface area contributed by atoms with Crippen LogP contribution in [0.3, 0.4) is 0 Å². The average molecular weight is 764 g/mol. The highest BCUT2D eigenvalue weighted by Gasteiger charge is 2.16. The monoisotopic (exact) mass is 763 g/mol. The molecular weight excluding hydrogens is 727 g/mol. The summed E-state index contributed by atoms with van der Waals surface area (Å²) < 4.78 is 0. The van der Waals surface area contributed by atoms with E-state index in [1.807, 2.05) is 12.1 Å². The Morgan fingerprint density at radius 1 is 0.250 bits per heavy atom. The number of hydrogen-bond donors (Lipinski definition) is 0. The molecule has 3 heteroatoms. The van der Waals surface area contributed by atoms with E-state index in [1.54, 1.807) is 0 Å². The molecule has 0 aliphatic rings. The minimum Gasteiger partial charge on any atom is -0.247 e. The van der Waals surface area contributed by atoms with Crippen molar-refractivity contribution in [2.45, 2.75) is 0 Å². The molecule has 60 heavy (non-hydrogen) atoms. The molecule has 0 aliphatic heterocycles. The van der Waals surface area contributed by atoms with Crippen molar-refractivity contribution in [2.24, 2.45) is 0 Å². The maximum atomic E-state index is 5.29. The van der Waals surface area contributed by atoms with E-state index in [-0.39, 0.29) is 0 Å². The first-order valence-electron chi connectivity index (χ1n) is 20.3. The van der Waals surface area contributed by atoms with Crippen molar-refractivity contribution in [3.05, 3.63) is 224 Å². The Labute approximate surface area is 349 Å². The van der Waals surface area contributed by atoms with Gasteiger partial charge in [-0.25, -0.2) is 15.0 Å². The molecule has 0 amide bonds. The normalized spacial score (nSPS) is 11.3. The second-order valence-electron chi connectivity index (χ2n) is 15.2. The van der Waals surface area contributed by atoms with Gasteiger partial charge < -0.3 is 0 Å². The van der Waals surface area contributed by atoms with Gasteiger partial charge >= 0.3 is 0 Å². The van der Waals surface area contributed by atoms with E-state index in [4.69, 9.17) is 15.0 Å². The zero-order valence-electron chi connectivity index (χ0n) is 32.7. The molecule has 0 unspecified atom stereocenters. The third kappa shape index (κ3) is 6.58. The van der Waals surface area contributed by atoms with Crippen molar-refractivity contribution in [2.75, 3.05) is 0 Å². The number of fused-ring (bicyclic) bond motifs is 5. The fourth-order valence-corrected chi connectivity index (χ4v) is 8.42. The number of benzene rings is 9. The molecule has 280 valence electrons. The molecule has 3 nitrogen and oxygen atoms in total. The molecule has 0 saturated heterocycles. The van der Waals surface area contributed by atoms with E-state index in [2.05, 4.69) is 212 Å². The van der Waals surface area contributed by atoms with Crippen LogP contribution >= 0.6 is 0 Å². The molecule has 0 bridgehead atoms. The van der Waals surface area contributed by atoms with Gasteiger partial charge in [0.1, 0.15) is 0 Å². The van der Waals surface area contributed by atoms with Crippen molar-refractivity contribution in [3.8, 4) is 78.5 Å². The minimum absolute atomic E-state index is 0.684. The first kappa shape index (κ1) is 35.2. The lowest BCUT2D eigenvalue weighted by atomic mass is 9.93. The summed E-state index contributed by atoms with van der Waals surface area (Å²) in [6.45, 7) is 0. The van der Waals surface area contributed by atoms with Gasteiger partial charge in [0.05, 0.1) is 22.6 Å². The van der Waals surface area contributed by atoms with Crippen molar-refractivity contribution >= 4 is 32.4 Å². The standard InChI is InChI=1S/C57H37N3/c1-3-13-38(14-4-1)40-25-29-43(30-26-40)53-37-54(60-57(59-53)44-31-27-41(28-32-44)39-15-5-2-6-16-39)47-20-11-18-45(35-47)46-19-12-21-48(36-46)56-51-34-33-42-17-7-8-22-49(42)55(51)50-23-9-10-24-52(50)58-56/h1-37H. The smallest absolute Gasteiger partial charge is 0.160 e. The third-order valence-corrected chi connectivity index (χ3v) is 11.5. The molecule has 2 heterocycles. The highest BCUT2D eigenvalue weighted by atomic mass is 14.9. The van der Waals surface area contributed by atoms with Crippen molar-refractivity contribution in [1.29, 1.82) is 0 Å². The van der Waals surface area contributed by atoms with Gasteiger partial charge in [-0.05, 0) is 68.4 Å². The van der Waals surface area contributed by atoms with E-state index >= 15 is 0 Å². The molecule has 11 rings (SSSR count). The maximum absolute atomic E-state index is 5.29. The van der Waals surface area contributed by atoms with Gasteiger partial charge in [-0.1, -0.05) is 200 Å². The predicted octanol–water partition coefficient (Wildman–Crippen LogP) is 15.0. The van der Waals surface area contributed by atoms with Gasteiger partial charge in [0.15, 0.2) is 5.82 Å². The second-order valence-corrected chi connectivity index (χ2v) is 15.2. The van der Waals surface area contributed by atoms with E-state index in [0.29, 0.717) is 5.82 Å². The fourth-order valence-electron chi connectivity index (χ4n) is 8.42. The van der Waals surface area contributed by atoms with E-state index in [0.717, 1.165) is 66.9 Å². The van der Waals surface area contributed by atoms with E-state index in [9.17, 15) is 0 Å². The van der Waals surface area contributed by atoms with Crippen molar-refractivity contribution in [1.82, 2.24) is 15.0 Å². The molecule has 0 N–H and O–H groups in total. The SMILES string of the molecule is c1ccc(-c2ccc(-c3cc(-c4cccc(-c5cccc(-c6nc7ccccc7c7c6ccc6ccccc67)c5)c4)nc(-c4ccc(-c5ccccc5)cc4)n3)cc2)cc1. The molecule has 0 atom stereocenters. The lowest BCUT2D eigenvalue weighted by molar-refractivity contribution is 1.18. The van der Waals surface area contributed by atoms with Crippen LogP contribution in [-0.2, 0) is 0 Å². The second kappa shape index (κ2) is 15.1. The lowest BCUT2D eigenvalue weighted by Crippen LogP contribution is -1.96. The number of hydrogen-bond acceptors (Lipinski definition) is 3. The number of pyridine rings is 1. The Hall–Kier alpha value is -8.01. The summed E-state index contributed by atoms with van der Waals surface area (Å²) in [5.74, 6) is 0.684. The topological polar surface area (TPSA) is 38.7 Å². The summed E-state index contributed by atoms with van der Waals surface area (Å²) in [6, 6.07) is 79.2. The average Bonchev–Trinajstić information content (AvgIpc) is 3.34. The van der Waals surface area contributed by atoms with E-state index in [1.165, 1.54) is 38.2 Å². The Kier molecular flexibility index (Phi) is 8.83. The van der Waals surface area contributed by atoms with Crippen LogP contribution in [0.2, 0.25) is 0 Å². The van der Waals surface area contributed by atoms with E-state index < -0.39 is 0 Å². The molecule has 11 aromatic rings. The molecule has 9 aromatic carbocycles. The van der Waals surface area contributed by atoms with Gasteiger partial charge in [0.2, 0.25) is 0 Å². The molecule has 0 aliphatic carbocycles. The van der Waals surface area contributed by atoms with Crippen molar-refractivity contribution in [3.63, 3.8) is 0 Å². The van der Waals surface area contributed by atoms with Gasteiger partial charge in [0.25, 0.3) is 0 Å². The summed E-state index contributed by atoms with van der Waals surface area (Å²) >= 11 is 0. The Balaban J connectivity index is 1.01. The lowest BCUT2D eigenvalue weighted by Gasteiger charge is -2.14. The summed E-state index contributed by atoms with van der Waals surface area (Å²) in [7, 11) is 0. The largest absolute Gasteiger partial charge is 0.247 e. The predicted molar refractivity (Wildman–Crippen MR) is 250 cm³/mol. The molecule has 0 spiro atoms. The summed E-state index contributed by atoms with van der Waals surface area (Å²) in [5.41, 5.74) is 14.7. The Bertz CT molecular complexity index is 3220. The van der Waals surface area contributed by atoms with Crippen LogP contribution < -0.4 is 0 Å². The van der Waals surface area contributed by atoms with Crippen LogP contribution in [0.1, 0.15) is 0 Å². The van der Waals surface area contributed by atoms with Crippen LogP contribution in [0, 0.1) is 0 Å². The van der Waals surface area contributed by atoms with Gasteiger partial charge in [-0.15, -0.1) is 0 Å². The number of nitrogens with zero attached hydrogens (tertiary/aromatic N) is 3. The zero-order valence-corrected chi connectivity index (χ0v) is 32.7. The number of para-hydroxylation sites is 1. The Morgan fingerprint density at radius 3 is 1.42 bits per heavy atom. The van der Waals surface area contributed by atoms with Crippen molar-refractivity contribution < 1.29 is 0 Å². The zero-order chi connectivity index (χ0) is 39.8. The fraction of sp³-hybridized carbons (Fsp3) is 0. The number of rotatable bonds is 7. The summed E-state index contributed by atoms with van der Waals surface area (Å²) in [5, 5.41) is 6.01. The van der Waals surface area contributed by atoms with Crippen LogP contribution in [0.25, 0.3) is 111 Å².